The van der Waals surface area contributed by atoms with Crippen LogP contribution in [0.25, 0.3) is 0 Å². The lowest BCUT2D eigenvalue weighted by Crippen LogP contribution is -2.36. The molecule has 3 heteroatoms. The second kappa shape index (κ2) is 3.05. The third-order valence-electron chi connectivity index (χ3n) is 1.73. The van der Waals surface area contributed by atoms with E-state index in [1.54, 1.807) is 12.2 Å². The molecule has 0 aromatic rings. The molecular weight excluding hydrogens is 144 g/mol. The van der Waals surface area contributed by atoms with Crippen LogP contribution in [0.4, 0.5) is 0 Å². The zero-order valence-corrected chi connectivity index (χ0v) is 6.54. The summed E-state index contributed by atoms with van der Waals surface area (Å²) in [4.78, 5) is 10.7. The van der Waals surface area contributed by atoms with E-state index in [0.29, 0.717) is 13.0 Å². The summed E-state index contributed by atoms with van der Waals surface area (Å²) in [6.45, 7) is 2.14. The Bertz CT molecular complexity index is 186. The molecule has 0 amide bonds. The number of aliphatic hydroxyl groups is 1. The van der Waals surface area contributed by atoms with Crippen molar-refractivity contribution in [2.24, 2.45) is 0 Å². The van der Waals surface area contributed by atoms with Crippen LogP contribution in [0.2, 0.25) is 0 Å². The van der Waals surface area contributed by atoms with Gasteiger partial charge in [-0.1, -0.05) is 12.2 Å². The molecule has 11 heavy (non-hydrogen) atoms. The van der Waals surface area contributed by atoms with Crippen LogP contribution in [0.3, 0.4) is 0 Å². The maximum atomic E-state index is 10.7. The van der Waals surface area contributed by atoms with E-state index in [1.165, 1.54) is 0 Å². The molecule has 1 rings (SSSR count). The molecule has 1 aliphatic rings. The van der Waals surface area contributed by atoms with Gasteiger partial charge in [0, 0.05) is 6.42 Å². The Kier molecular flexibility index (Phi) is 2.29. The molecule has 0 aliphatic carbocycles. The van der Waals surface area contributed by atoms with E-state index < -0.39 is 5.60 Å². The Morgan fingerprint density at radius 2 is 2.45 bits per heavy atom. The van der Waals surface area contributed by atoms with Crippen molar-refractivity contribution in [3.8, 4) is 0 Å². The molecule has 3 nitrogen and oxygen atoms in total. The first-order valence-electron chi connectivity index (χ1n) is 3.68. The molecule has 1 aliphatic heterocycles. The third-order valence-corrected chi connectivity index (χ3v) is 1.73. The van der Waals surface area contributed by atoms with Crippen molar-refractivity contribution >= 4 is 5.97 Å². The van der Waals surface area contributed by atoms with Crippen molar-refractivity contribution in [2.75, 3.05) is 6.61 Å². The van der Waals surface area contributed by atoms with E-state index in [9.17, 15) is 9.90 Å². The van der Waals surface area contributed by atoms with Crippen LogP contribution in [0, 0.1) is 0 Å². The SMILES string of the molecule is CC=CC1(O)CCOC(=O)C1. The van der Waals surface area contributed by atoms with Gasteiger partial charge in [-0.2, -0.15) is 0 Å². The molecule has 0 bridgehead atoms. The average Bonchev–Trinajstić information content (AvgIpc) is 1.86. The maximum Gasteiger partial charge on any atom is 0.309 e. The fourth-order valence-corrected chi connectivity index (χ4v) is 1.18. The normalized spacial score (nSPS) is 32.4. The topological polar surface area (TPSA) is 46.5 Å². The summed E-state index contributed by atoms with van der Waals surface area (Å²) in [7, 11) is 0. The highest BCUT2D eigenvalue weighted by Crippen LogP contribution is 2.22. The Morgan fingerprint density at radius 3 is 3.00 bits per heavy atom. The molecule has 1 unspecified atom stereocenters. The van der Waals surface area contributed by atoms with Gasteiger partial charge in [0.2, 0.25) is 0 Å². The van der Waals surface area contributed by atoms with E-state index in [0.717, 1.165) is 0 Å². The Balaban J connectivity index is 2.62. The second-order valence-corrected chi connectivity index (χ2v) is 2.75. The fraction of sp³-hybridized carbons (Fsp3) is 0.625. The van der Waals surface area contributed by atoms with Gasteiger partial charge >= 0.3 is 5.97 Å². The minimum Gasteiger partial charge on any atom is -0.465 e. The summed E-state index contributed by atoms with van der Waals surface area (Å²) < 4.78 is 4.69. The summed E-state index contributed by atoms with van der Waals surface area (Å²) in [5, 5.41) is 9.65. The van der Waals surface area contributed by atoms with Crippen molar-refractivity contribution in [2.45, 2.75) is 25.4 Å². The minimum atomic E-state index is -0.954. The van der Waals surface area contributed by atoms with Crippen LogP contribution in [0.1, 0.15) is 19.8 Å². The number of esters is 1. The lowest BCUT2D eigenvalue weighted by atomic mass is 9.94. The first-order valence-corrected chi connectivity index (χ1v) is 3.68. The molecule has 1 atom stereocenters. The summed E-state index contributed by atoms with van der Waals surface area (Å²) in [6.07, 6.45) is 3.98. The van der Waals surface area contributed by atoms with Crippen LogP contribution in [0.5, 0.6) is 0 Å². The minimum absolute atomic E-state index is 0.0807. The summed E-state index contributed by atoms with van der Waals surface area (Å²) >= 11 is 0. The summed E-state index contributed by atoms with van der Waals surface area (Å²) in [6, 6.07) is 0. The average molecular weight is 156 g/mol. The summed E-state index contributed by atoms with van der Waals surface area (Å²) in [5.74, 6) is -0.322. The lowest BCUT2D eigenvalue weighted by Gasteiger charge is -2.27. The highest BCUT2D eigenvalue weighted by molar-refractivity contribution is 5.72. The number of ether oxygens (including phenoxy) is 1. The van der Waals surface area contributed by atoms with Crippen LogP contribution in [-0.2, 0) is 9.53 Å². The van der Waals surface area contributed by atoms with Crippen LogP contribution in [-0.4, -0.2) is 23.3 Å². The molecule has 62 valence electrons. The number of hydrogen-bond donors (Lipinski definition) is 1. The van der Waals surface area contributed by atoms with E-state index in [1.807, 2.05) is 6.92 Å². The number of carbonyl (C=O) groups excluding carboxylic acids is 1. The number of carbonyl (C=O) groups is 1. The first-order chi connectivity index (χ1) is 5.16. The molecule has 0 aromatic heterocycles. The molecular formula is C8H12O3. The van der Waals surface area contributed by atoms with Crippen molar-refractivity contribution < 1.29 is 14.6 Å². The molecule has 1 N–H and O–H groups in total. The van der Waals surface area contributed by atoms with Crippen LogP contribution in [0.15, 0.2) is 12.2 Å². The third kappa shape index (κ3) is 2.05. The number of allylic oxidation sites excluding steroid dienone is 1. The number of cyclic esters (lactones) is 1. The molecule has 1 saturated heterocycles. The largest absolute Gasteiger partial charge is 0.465 e. The van der Waals surface area contributed by atoms with Gasteiger partial charge in [-0.15, -0.1) is 0 Å². The van der Waals surface area contributed by atoms with Gasteiger partial charge in [0.05, 0.1) is 18.6 Å². The van der Waals surface area contributed by atoms with Crippen molar-refractivity contribution in [3.05, 3.63) is 12.2 Å². The van der Waals surface area contributed by atoms with E-state index in [2.05, 4.69) is 4.74 Å². The van der Waals surface area contributed by atoms with Gasteiger partial charge in [0.1, 0.15) is 0 Å². The predicted octanol–water partition coefficient (Wildman–Crippen LogP) is 0.631. The molecule has 0 aromatic carbocycles. The van der Waals surface area contributed by atoms with Crippen LogP contribution < -0.4 is 0 Å². The lowest BCUT2D eigenvalue weighted by molar-refractivity contribution is -0.155. The molecule has 0 saturated carbocycles. The van der Waals surface area contributed by atoms with Gasteiger partial charge in [-0.25, -0.2) is 0 Å². The maximum absolute atomic E-state index is 10.7. The van der Waals surface area contributed by atoms with E-state index in [-0.39, 0.29) is 12.4 Å². The highest BCUT2D eigenvalue weighted by atomic mass is 16.5. The smallest absolute Gasteiger partial charge is 0.309 e. The van der Waals surface area contributed by atoms with Gasteiger partial charge in [-0.3, -0.25) is 4.79 Å². The molecule has 1 heterocycles. The highest BCUT2D eigenvalue weighted by Gasteiger charge is 2.31. The molecule has 0 spiro atoms. The van der Waals surface area contributed by atoms with Crippen molar-refractivity contribution in [3.63, 3.8) is 0 Å². The first kappa shape index (κ1) is 8.27. The fourth-order valence-electron chi connectivity index (χ4n) is 1.18. The number of hydrogen-bond acceptors (Lipinski definition) is 3. The van der Waals surface area contributed by atoms with Gasteiger partial charge in [0.15, 0.2) is 0 Å². The Hall–Kier alpha value is -0.830. The zero-order chi connectivity index (χ0) is 8.32. The van der Waals surface area contributed by atoms with Crippen molar-refractivity contribution in [1.29, 1.82) is 0 Å². The Morgan fingerprint density at radius 1 is 1.73 bits per heavy atom. The van der Waals surface area contributed by atoms with E-state index >= 15 is 0 Å². The molecule has 1 fully saturated rings. The molecule has 0 radical (unpaired) electrons. The van der Waals surface area contributed by atoms with E-state index in [4.69, 9.17) is 0 Å². The van der Waals surface area contributed by atoms with Gasteiger partial charge in [-0.05, 0) is 6.92 Å². The summed E-state index contributed by atoms with van der Waals surface area (Å²) in [5.41, 5.74) is -0.954. The van der Waals surface area contributed by atoms with Gasteiger partial charge in [0.25, 0.3) is 0 Å². The van der Waals surface area contributed by atoms with Gasteiger partial charge < -0.3 is 9.84 Å². The monoisotopic (exact) mass is 156 g/mol. The van der Waals surface area contributed by atoms with Crippen LogP contribution >= 0.6 is 0 Å². The quantitative estimate of drug-likeness (QED) is 0.447. The predicted molar refractivity (Wildman–Crippen MR) is 40.0 cm³/mol. The second-order valence-electron chi connectivity index (χ2n) is 2.75. The van der Waals surface area contributed by atoms with Crippen molar-refractivity contribution in [1.82, 2.24) is 0 Å². The number of rotatable bonds is 1. The standard InChI is InChI=1S/C8H12O3/c1-2-3-8(10)4-5-11-7(9)6-8/h2-3,10H,4-6H2,1H3. The zero-order valence-electron chi connectivity index (χ0n) is 6.54. The Labute approximate surface area is 65.7 Å².